The molecular weight excluding hydrogens is 236 g/mol. The Labute approximate surface area is 106 Å². The highest BCUT2D eigenvalue weighted by Crippen LogP contribution is 2.23. The van der Waals surface area contributed by atoms with Crippen LogP contribution in [0, 0.1) is 10.1 Å². The number of hydrogen-bond acceptors (Lipinski definition) is 6. The van der Waals surface area contributed by atoms with Crippen LogP contribution in [-0.2, 0) is 4.74 Å². The van der Waals surface area contributed by atoms with E-state index in [2.05, 4.69) is 15.6 Å². The van der Waals surface area contributed by atoms with E-state index in [-0.39, 0.29) is 11.5 Å². The molecule has 2 N–H and O–H groups in total. The molecule has 0 aromatic carbocycles. The first-order valence-electron chi connectivity index (χ1n) is 5.81. The molecule has 0 radical (unpaired) electrons. The lowest BCUT2D eigenvalue weighted by atomic mass is 10.3. The third kappa shape index (κ3) is 4.17. The molecule has 0 aliphatic carbocycles. The maximum absolute atomic E-state index is 10.9. The molecular formula is C11H18N4O3. The normalized spacial score (nSPS) is 10.1. The smallest absolute Gasteiger partial charge is 0.311 e. The fraction of sp³-hybridized carbons (Fsp3) is 0.545. The number of aromatic nitrogens is 1. The van der Waals surface area contributed by atoms with Crippen molar-refractivity contribution in [2.24, 2.45) is 0 Å². The average molecular weight is 254 g/mol. The number of rotatable bonds is 8. The van der Waals surface area contributed by atoms with E-state index < -0.39 is 4.92 Å². The van der Waals surface area contributed by atoms with Gasteiger partial charge in [-0.2, -0.15) is 0 Å². The Bertz CT molecular complexity index is 398. The van der Waals surface area contributed by atoms with Crippen molar-refractivity contribution >= 4 is 17.3 Å². The zero-order chi connectivity index (χ0) is 13.4. The average Bonchev–Trinajstić information content (AvgIpc) is 2.36. The van der Waals surface area contributed by atoms with E-state index in [9.17, 15) is 10.1 Å². The highest BCUT2D eigenvalue weighted by Gasteiger charge is 2.15. The van der Waals surface area contributed by atoms with Crippen LogP contribution in [0.2, 0.25) is 0 Å². The minimum absolute atomic E-state index is 0.0341. The number of pyridine rings is 1. The van der Waals surface area contributed by atoms with Crippen LogP contribution in [0.15, 0.2) is 12.1 Å². The number of ether oxygens (including phenoxy) is 1. The van der Waals surface area contributed by atoms with Crippen LogP contribution in [0.5, 0.6) is 0 Å². The lowest BCUT2D eigenvalue weighted by molar-refractivity contribution is -0.384. The van der Waals surface area contributed by atoms with E-state index in [4.69, 9.17) is 4.74 Å². The highest BCUT2D eigenvalue weighted by atomic mass is 16.6. The number of nitrogens with zero attached hydrogens (tertiary/aromatic N) is 2. The molecule has 100 valence electrons. The highest BCUT2D eigenvalue weighted by molar-refractivity contribution is 5.60. The van der Waals surface area contributed by atoms with Crippen molar-refractivity contribution in [3.8, 4) is 0 Å². The van der Waals surface area contributed by atoms with Crippen molar-refractivity contribution in [3.05, 3.63) is 22.2 Å². The molecule has 1 aromatic heterocycles. The van der Waals surface area contributed by atoms with Crippen molar-refractivity contribution in [1.29, 1.82) is 0 Å². The fourth-order valence-electron chi connectivity index (χ4n) is 1.35. The first-order valence-corrected chi connectivity index (χ1v) is 5.81. The van der Waals surface area contributed by atoms with Gasteiger partial charge in [0.1, 0.15) is 5.82 Å². The molecule has 0 aliphatic heterocycles. The molecule has 0 bridgehead atoms. The summed E-state index contributed by atoms with van der Waals surface area (Å²) < 4.78 is 4.88. The van der Waals surface area contributed by atoms with Gasteiger partial charge >= 0.3 is 5.69 Å². The van der Waals surface area contributed by atoms with Gasteiger partial charge in [0.05, 0.1) is 11.5 Å². The Morgan fingerprint density at radius 3 is 2.78 bits per heavy atom. The minimum Gasteiger partial charge on any atom is -0.383 e. The molecule has 0 saturated carbocycles. The SMILES string of the molecule is CCCNc1ccc([N+](=O)[O-])c(NCCOC)n1. The van der Waals surface area contributed by atoms with Gasteiger partial charge in [-0.25, -0.2) is 4.98 Å². The van der Waals surface area contributed by atoms with E-state index in [1.165, 1.54) is 6.07 Å². The summed E-state index contributed by atoms with van der Waals surface area (Å²) >= 11 is 0. The Morgan fingerprint density at radius 2 is 2.17 bits per heavy atom. The summed E-state index contributed by atoms with van der Waals surface area (Å²) in [6.07, 6.45) is 0.963. The van der Waals surface area contributed by atoms with E-state index in [0.717, 1.165) is 13.0 Å². The van der Waals surface area contributed by atoms with Gasteiger partial charge in [-0.15, -0.1) is 0 Å². The minimum atomic E-state index is -0.453. The fourth-order valence-corrected chi connectivity index (χ4v) is 1.35. The van der Waals surface area contributed by atoms with Gasteiger partial charge in [0.25, 0.3) is 0 Å². The molecule has 7 heteroatoms. The largest absolute Gasteiger partial charge is 0.383 e. The molecule has 1 rings (SSSR count). The molecule has 1 aromatic rings. The zero-order valence-corrected chi connectivity index (χ0v) is 10.6. The molecule has 18 heavy (non-hydrogen) atoms. The summed E-state index contributed by atoms with van der Waals surface area (Å²) in [5.74, 6) is 0.889. The summed E-state index contributed by atoms with van der Waals surface area (Å²) in [6, 6.07) is 3.05. The van der Waals surface area contributed by atoms with Gasteiger partial charge in [0, 0.05) is 26.3 Å². The Balaban J connectivity index is 2.82. The van der Waals surface area contributed by atoms with Crippen LogP contribution in [0.3, 0.4) is 0 Å². The number of nitrogens with one attached hydrogen (secondary N) is 2. The summed E-state index contributed by atoms with van der Waals surface area (Å²) in [5.41, 5.74) is -0.0341. The van der Waals surface area contributed by atoms with Gasteiger partial charge in [0.15, 0.2) is 0 Å². The van der Waals surface area contributed by atoms with Crippen LogP contribution in [0.25, 0.3) is 0 Å². The topological polar surface area (TPSA) is 89.3 Å². The predicted molar refractivity (Wildman–Crippen MR) is 70.0 cm³/mol. The Kier molecular flexibility index (Phi) is 5.86. The standard InChI is InChI=1S/C11H18N4O3/c1-3-6-12-10-5-4-9(15(16)17)11(14-10)13-7-8-18-2/h4-5H,3,6-8H2,1-2H3,(H2,12,13,14). The van der Waals surface area contributed by atoms with Crippen LogP contribution >= 0.6 is 0 Å². The molecule has 0 atom stereocenters. The molecule has 0 saturated heterocycles. The second-order valence-corrected chi connectivity index (χ2v) is 3.67. The predicted octanol–water partition coefficient (Wildman–Crippen LogP) is 1.87. The summed E-state index contributed by atoms with van der Waals surface area (Å²) in [7, 11) is 1.57. The van der Waals surface area contributed by atoms with Gasteiger partial charge in [-0.05, 0) is 12.5 Å². The Morgan fingerprint density at radius 1 is 1.39 bits per heavy atom. The van der Waals surface area contributed by atoms with Crippen molar-refractivity contribution in [1.82, 2.24) is 4.98 Å². The molecule has 0 unspecified atom stereocenters. The zero-order valence-electron chi connectivity index (χ0n) is 10.6. The number of anilines is 2. The molecule has 1 heterocycles. The maximum atomic E-state index is 10.9. The summed E-state index contributed by atoms with van der Waals surface area (Å²) in [5, 5.41) is 16.8. The van der Waals surface area contributed by atoms with E-state index in [1.54, 1.807) is 13.2 Å². The van der Waals surface area contributed by atoms with Crippen LogP contribution in [-0.4, -0.2) is 36.7 Å². The first-order chi connectivity index (χ1) is 8.69. The van der Waals surface area contributed by atoms with Crippen molar-refractivity contribution in [2.75, 3.05) is 37.4 Å². The van der Waals surface area contributed by atoms with Crippen molar-refractivity contribution in [3.63, 3.8) is 0 Å². The monoisotopic (exact) mass is 254 g/mol. The second-order valence-electron chi connectivity index (χ2n) is 3.67. The van der Waals surface area contributed by atoms with E-state index in [1.807, 2.05) is 6.92 Å². The van der Waals surface area contributed by atoms with Crippen LogP contribution < -0.4 is 10.6 Å². The number of methoxy groups -OCH3 is 1. The molecule has 0 amide bonds. The second kappa shape index (κ2) is 7.44. The van der Waals surface area contributed by atoms with Crippen molar-refractivity contribution in [2.45, 2.75) is 13.3 Å². The molecule has 7 nitrogen and oxygen atoms in total. The third-order valence-electron chi connectivity index (χ3n) is 2.23. The van der Waals surface area contributed by atoms with E-state index in [0.29, 0.717) is 19.0 Å². The quantitative estimate of drug-likeness (QED) is 0.418. The summed E-state index contributed by atoms with van der Waals surface area (Å²) in [4.78, 5) is 14.6. The lowest BCUT2D eigenvalue weighted by Gasteiger charge is -2.08. The van der Waals surface area contributed by atoms with Gasteiger partial charge in [0.2, 0.25) is 5.82 Å². The number of hydrogen-bond donors (Lipinski definition) is 2. The van der Waals surface area contributed by atoms with Gasteiger partial charge in [-0.3, -0.25) is 10.1 Å². The first kappa shape index (κ1) is 14.2. The molecule has 0 fully saturated rings. The van der Waals surface area contributed by atoms with Gasteiger partial charge in [-0.1, -0.05) is 6.92 Å². The number of nitro groups is 1. The Hall–Kier alpha value is -1.89. The van der Waals surface area contributed by atoms with E-state index >= 15 is 0 Å². The third-order valence-corrected chi connectivity index (χ3v) is 2.23. The van der Waals surface area contributed by atoms with Crippen molar-refractivity contribution < 1.29 is 9.66 Å². The van der Waals surface area contributed by atoms with Gasteiger partial charge < -0.3 is 15.4 Å². The van der Waals surface area contributed by atoms with Crippen LogP contribution in [0.1, 0.15) is 13.3 Å². The maximum Gasteiger partial charge on any atom is 0.311 e. The molecule has 0 aliphatic rings. The summed E-state index contributed by atoms with van der Waals surface area (Å²) in [6.45, 7) is 3.76. The van der Waals surface area contributed by atoms with Crippen LogP contribution in [0.4, 0.5) is 17.3 Å². The lowest BCUT2D eigenvalue weighted by Crippen LogP contribution is -2.12. The molecule has 0 spiro atoms.